The number of carbonyl (C=O) groups excluding carboxylic acids is 2. The second-order valence-corrected chi connectivity index (χ2v) is 5.07. The van der Waals surface area contributed by atoms with E-state index in [0.29, 0.717) is 23.2 Å². The van der Waals surface area contributed by atoms with Gasteiger partial charge in [-0.05, 0) is 41.1 Å². The highest BCUT2D eigenvalue weighted by molar-refractivity contribution is 9.10. The van der Waals surface area contributed by atoms with Crippen LogP contribution in [0.2, 0.25) is 0 Å². The number of nitrogens with one attached hydrogen (secondary N) is 2. The number of urea groups is 1. The molecule has 2 rings (SSSR count). The van der Waals surface area contributed by atoms with Crippen molar-refractivity contribution in [1.29, 1.82) is 0 Å². The quantitative estimate of drug-likeness (QED) is 0.890. The zero-order valence-electron chi connectivity index (χ0n) is 10.2. The Bertz CT molecular complexity index is 524. The smallest absolute Gasteiger partial charge is 0.324 e. The van der Waals surface area contributed by atoms with Gasteiger partial charge in [0.15, 0.2) is 0 Å². The first kappa shape index (κ1) is 13.8. The molecule has 0 aliphatic carbocycles. The number of amides is 3. The van der Waals surface area contributed by atoms with E-state index in [4.69, 9.17) is 0 Å². The standard InChI is InChI=1S/C12H13BrFN3O2/c1-7(11(18)17-5-4-15-12(17)19)16-8-2-3-9(13)10(14)6-8/h2-3,6-7,16H,4-5H2,1H3,(H,15,19). The van der Waals surface area contributed by atoms with E-state index in [1.807, 2.05) is 0 Å². The van der Waals surface area contributed by atoms with E-state index in [1.54, 1.807) is 19.1 Å². The van der Waals surface area contributed by atoms with Crippen LogP contribution in [-0.4, -0.2) is 36.0 Å². The summed E-state index contributed by atoms with van der Waals surface area (Å²) in [4.78, 5) is 24.5. The molecule has 0 aromatic heterocycles. The number of rotatable bonds is 3. The van der Waals surface area contributed by atoms with Crippen molar-refractivity contribution in [3.63, 3.8) is 0 Å². The Kier molecular flexibility index (Phi) is 4.04. The van der Waals surface area contributed by atoms with Crippen LogP contribution in [0.25, 0.3) is 0 Å². The fraction of sp³-hybridized carbons (Fsp3) is 0.333. The van der Waals surface area contributed by atoms with Crippen molar-refractivity contribution < 1.29 is 14.0 Å². The second-order valence-electron chi connectivity index (χ2n) is 4.22. The molecule has 2 N–H and O–H groups in total. The molecule has 1 atom stereocenters. The lowest BCUT2D eigenvalue weighted by Crippen LogP contribution is -2.43. The summed E-state index contributed by atoms with van der Waals surface area (Å²) in [5, 5.41) is 5.43. The van der Waals surface area contributed by atoms with Crippen molar-refractivity contribution in [1.82, 2.24) is 10.2 Å². The molecule has 1 fully saturated rings. The largest absolute Gasteiger partial charge is 0.374 e. The first-order chi connectivity index (χ1) is 8.99. The van der Waals surface area contributed by atoms with Crippen LogP contribution >= 0.6 is 15.9 Å². The fourth-order valence-corrected chi connectivity index (χ4v) is 2.06. The summed E-state index contributed by atoms with van der Waals surface area (Å²) < 4.78 is 13.7. The van der Waals surface area contributed by atoms with Gasteiger partial charge in [-0.2, -0.15) is 0 Å². The zero-order valence-corrected chi connectivity index (χ0v) is 11.8. The van der Waals surface area contributed by atoms with Gasteiger partial charge in [-0.25, -0.2) is 9.18 Å². The Morgan fingerprint density at radius 3 is 2.89 bits per heavy atom. The van der Waals surface area contributed by atoms with Gasteiger partial charge in [0, 0.05) is 18.8 Å². The molecule has 1 saturated heterocycles. The number of hydrogen-bond donors (Lipinski definition) is 2. The number of anilines is 1. The maximum absolute atomic E-state index is 13.3. The van der Waals surface area contributed by atoms with Crippen molar-refractivity contribution in [2.45, 2.75) is 13.0 Å². The van der Waals surface area contributed by atoms with Crippen LogP contribution in [-0.2, 0) is 4.79 Å². The zero-order chi connectivity index (χ0) is 14.0. The third-order valence-electron chi connectivity index (χ3n) is 2.80. The summed E-state index contributed by atoms with van der Waals surface area (Å²) in [6.45, 7) is 2.45. The lowest BCUT2D eigenvalue weighted by molar-refractivity contribution is -0.128. The summed E-state index contributed by atoms with van der Waals surface area (Å²) in [5.41, 5.74) is 0.487. The first-order valence-electron chi connectivity index (χ1n) is 5.80. The molecule has 1 aromatic rings. The molecule has 0 spiro atoms. The van der Waals surface area contributed by atoms with Gasteiger partial charge in [0.05, 0.1) is 4.47 Å². The molecule has 0 bridgehead atoms. The minimum atomic E-state index is -0.607. The van der Waals surface area contributed by atoms with E-state index >= 15 is 0 Å². The normalized spacial score (nSPS) is 16.2. The molecular formula is C12H13BrFN3O2. The predicted molar refractivity (Wildman–Crippen MR) is 72.3 cm³/mol. The van der Waals surface area contributed by atoms with Gasteiger partial charge in [-0.1, -0.05) is 0 Å². The monoisotopic (exact) mass is 329 g/mol. The lowest BCUT2D eigenvalue weighted by atomic mass is 10.2. The number of carbonyl (C=O) groups is 2. The Morgan fingerprint density at radius 1 is 1.58 bits per heavy atom. The maximum atomic E-state index is 13.3. The molecular weight excluding hydrogens is 317 g/mol. The molecule has 0 saturated carbocycles. The first-order valence-corrected chi connectivity index (χ1v) is 6.59. The van der Waals surface area contributed by atoms with Crippen LogP contribution in [0.1, 0.15) is 6.92 Å². The Labute approximate surface area is 118 Å². The van der Waals surface area contributed by atoms with E-state index in [0.717, 1.165) is 4.90 Å². The third-order valence-corrected chi connectivity index (χ3v) is 3.44. The number of hydrogen-bond acceptors (Lipinski definition) is 3. The molecule has 0 radical (unpaired) electrons. The minimum Gasteiger partial charge on any atom is -0.374 e. The fourth-order valence-electron chi connectivity index (χ4n) is 1.81. The maximum Gasteiger partial charge on any atom is 0.324 e. The third kappa shape index (κ3) is 3.04. The topological polar surface area (TPSA) is 61.4 Å². The van der Waals surface area contributed by atoms with Gasteiger partial charge in [0.2, 0.25) is 0 Å². The summed E-state index contributed by atoms with van der Waals surface area (Å²) in [6, 6.07) is 3.50. The molecule has 102 valence electrons. The Morgan fingerprint density at radius 2 is 2.32 bits per heavy atom. The average Bonchev–Trinajstić information content (AvgIpc) is 2.79. The van der Waals surface area contributed by atoms with E-state index in [2.05, 4.69) is 26.6 Å². The van der Waals surface area contributed by atoms with Crippen LogP contribution in [0.4, 0.5) is 14.9 Å². The molecule has 1 aliphatic rings. The van der Waals surface area contributed by atoms with E-state index < -0.39 is 11.9 Å². The van der Waals surface area contributed by atoms with Gasteiger partial charge < -0.3 is 10.6 Å². The van der Waals surface area contributed by atoms with Gasteiger partial charge in [-0.15, -0.1) is 0 Å². The van der Waals surface area contributed by atoms with Crippen molar-refractivity contribution >= 4 is 33.6 Å². The summed E-state index contributed by atoms with van der Waals surface area (Å²) in [6.07, 6.45) is 0. The molecule has 1 aliphatic heterocycles. The Hall–Kier alpha value is -1.63. The highest BCUT2D eigenvalue weighted by atomic mass is 79.9. The van der Waals surface area contributed by atoms with Crippen LogP contribution in [0.15, 0.2) is 22.7 Å². The highest BCUT2D eigenvalue weighted by Gasteiger charge is 2.29. The summed E-state index contributed by atoms with van der Waals surface area (Å²) in [5.74, 6) is -0.748. The summed E-state index contributed by atoms with van der Waals surface area (Å²) >= 11 is 3.06. The van der Waals surface area contributed by atoms with Crippen LogP contribution < -0.4 is 10.6 Å². The van der Waals surface area contributed by atoms with Crippen molar-refractivity contribution in [2.75, 3.05) is 18.4 Å². The van der Waals surface area contributed by atoms with Crippen molar-refractivity contribution in [3.8, 4) is 0 Å². The van der Waals surface area contributed by atoms with Gasteiger partial charge >= 0.3 is 6.03 Å². The minimum absolute atomic E-state index is 0.335. The molecule has 1 unspecified atom stereocenters. The number of nitrogens with zero attached hydrogens (tertiary/aromatic N) is 1. The molecule has 19 heavy (non-hydrogen) atoms. The average molecular weight is 330 g/mol. The van der Waals surface area contributed by atoms with Crippen LogP contribution in [0.3, 0.4) is 0 Å². The molecule has 5 nitrogen and oxygen atoms in total. The Balaban J connectivity index is 2.03. The van der Waals surface area contributed by atoms with Gasteiger partial charge in [-0.3, -0.25) is 9.69 Å². The molecule has 1 aromatic carbocycles. The second kappa shape index (κ2) is 5.56. The highest BCUT2D eigenvalue weighted by Crippen LogP contribution is 2.20. The van der Waals surface area contributed by atoms with Crippen LogP contribution in [0.5, 0.6) is 0 Å². The molecule has 1 heterocycles. The SMILES string of the molecule is CC(Nc1ccc(Br)c(F)c1)C(=O)N1CCNC1=O. The van der Waals surface area contributed by atoms with E-state index in [1.165, 1.54) is 6.07 Å². The van der Waals surface area contributed by atoms with Gasteiger partial charge in [0.25, 0.3) is 5.91 Å². The summed E-state index contributed by atoms with van der Waals surface area (Å²) in [7, 11) is 0. The number of benzene rings is 1. The number of imide groups is 1. The van der Waals surface area contributed by atoms with Gasteiger partial charge in [0.1, 0.15) is 11.9 Å². The molecule has 3 amide bonds. The molecule has 7 heteroatoms. The predicted octanol–water partition coefficient (Wildman–Crippen LogP) is 1.94. The van der Waals surface area contributed by atoms with E-state index in [9.17, 15) is 14.0 Å². The van der Waals surface area contributed by atoms with Crippen molar-refractivity contribution in [3.05, 3.63) is 28.5 Å². The van der Waals surface area contributed by atoms with Crippen LogP contribution in [0, 0.1) is 5.82 Å². The van der Waals surface area contributed by atoms with E-state index in [-0.39, 0.29) is 11.9 Å². The number of halogens is 2. The van der Waals surface area contributed by atoms with Crippen molar-refractivity contribution in [2.24, 2.45) is 0 Å². The lowest BCUT2D eigenvalue weighted by Gasteiger charge is -2.19.